The summed E-state index contributed by atoms with van der Waals surface area (Å²) in [5.74, 6) is -0.900. The van der Waals surface area contributed by atoms with Crippen LogP contribution in [0, 0.1) is 0 Å². The van der Waals surface area contributed by atoms with Crippen LogP contribution in [-0.4, -0.2) is 37.2 Å². The standard InChI is InChI=1S/C57H102O6/c1-4-7-10-13-16-19-22-24-26-27-28-29-31-32-35-38-41-44-47-50-56(59)62-53-54(52-61-55(58)49-46-43-40-37-34-21-18-15-12-9-6-3)63-57(60)51-48-45-42-39-36-33-30-25-23-20-17-14-11-8-5-2/h15,17-18,20,23,25,27-28,54H,4-14,16,19,21-22,24,26,29-53H2,1-3H3/b18-15-,20-17-,25-23-,28-27-. The van der Waals surface area contributed by atoms with Crippen molar-refractivity contribution in [1.82, 2.24) is 0 Å². The summed E-state index contributed by atoms with van der Waals surface area (Å²) < 4.78 is 16.8. The van der Waals surface area contributed by atoms with Crippen LogP contribution in [0.3, 0.4) is 0 Å². The fourth-order valence-electron chi connectivity index (χ4n) is 7.64. The van der Waals surface area contributed by atoms with Crippen LogP contribution >= 0.6 is 0 Å². The number of esters is 3. The van der Waals surface area contributed by atoms with Crippen molar-refractivity contribution >= 4 is 17.9 Å². The lowest BCUT2D eigenvalue weighted by Crippen LogP contribution is -2.30. The molecule has 366 valence electrons. The summed E-state index contributed by atoms with van der Waals surface area (Å²) in [5, 5.41) is 0. The largest absolute Gasteiger partial charge is 0.462 e. The zero-order valence-electron chi connectivity index (χ0n) is 41.8. The molecular formula is C57H102O6. The first-order chi connectivity index (χ1) is 31.0. The Labute approximate surface area is 390 Å². The Balaban J connectivity index is 4.34. The van der Waals surface area contributed by atoms with Crippen LogP contribution in [0.25, 0.3) is 0 Å². The second kappa shape index (κ2) is 52.0. The summed E-state index contributed by atoms with van der Waals surface area (Å²) in [6, 6.07) is 0. The number of rotatable bonds is 49. The first kappa shape index (κ1) is 60.4. The highest BCUT2D eigenvalue weighted by atomic mass is 16.6. The van der Waals surface area contributed by atoms with Gasteiger partial charge in [0, 0.05) is 19.3 Å². The summed E-state index contributed by atoms with van der Waals surface area (Å²) in [7, 11) is 0. The Morgan fingerprint density at radius 2 is 0.587 bits per heavy atom. The molecule has 6 nitrogen and oxygen atoms in total. The predicted molar refractivity (Wildman–Crippen MR) is 270 cm³/mol. The van der Waals surface area contributed by atoms with Gasteiger partial charge < -0.3 is 14.2 Å². The average molecular weight is 883 g/mol. The molecule has 0 saturated carbocycles. The van der Waals surface area contributed by atoms with E-state index in [0.29, 0.717) is 19.3 Å². The summed E-state index contributed by atoms with van der Waals surface area (Å²) in [5.41, 5.74) is 0. The van der Waals surface area contributed by atoms with E-state index in [1.807, 2.05) is 0 Å². The van der Waals surface area contributed by atoms with Gasteiger partial charge in [-0.25, -0.2) is 0 Å². The third-order valence-electron chi connectivity index (χ3n) is 11.8. The zero-order valence-corrected chi connectivity index (χ0v) is 41.8. The van der Waals surface area contributed by atoms with Crippen molar-refractivity contribution in [2.24, 2.45) is 0 Å². The lowest BCUT2D eigenvalue weighted by atomic mass is 10.1. The predicted octanol–water partition coefficient (Wildman–Crippen LogP) is 17.9. The van der Waals surface area contributed by atoms with E-state index in [1.165, 1.54) is 161 Å². The monoisotopic (exact) mass is 883 g/mol. The molecular weight excluding hydrogens is 781 g/mol. The van der Waals surface area contributed by atoms with Crippen LogP contribution in [0.15, 0.2) is 48.6 Å². The van der Waals surface area contributed by atoms with Gasteiger partial charge in [-0.15, -0.1) is 0 Å². The van der Waals surface area contributed by atoms with Gasteiger partial charge in [0.1, 0.15) is 13.2 Å². The van der Waals surface area contributed by atoms with E-state index in [1.54, 1.807) is 0 Å². The van der Waals surface area contributed by atoms with E-state index < -0.39 is 6.10 Å². The minimum Gasteiger partial charge on any atom is -0.462 e. The summed E-state index contributed by atoms with van der Waals surface area (Å²) in [6.07, 6.45) is 62.4. The van der Waals surface area contributed by atoms with E-state index >= 15 is 0 Å². The van der Waals surface area contributed by atoms with Crippen LogP contribution in [0.4, 0.5) is 0 Å². The summed E-state index contributed by atoms with van der Waals surface area (Å²) in [4.78, 5) is 38.0. The first-order valence-corrected chi connectivity index (χ1v) is 27.2. The molecule has 1 atom stereocenters. The molecule has 0 aromatic carbocycles. The van der Waals surface area contributed by atoms with Crippen molar-refractivity contribution in [3.05, 3.63) is 48.6 Å². The van der Waals surface area contributed by atoms with Crippen LogP contribution in [0.1, 0.15) is 278 Å². The molecule has 0 aliphatic carbocycles. The van der Waals surface area contributed by atoms with Crippen molar-refractivity contribution in [1.29, 1.82) is 0 Å². The van der Waals surface area contributed by atoms with Crippen molar-refractivity contribution in [2.75, 3.05) is 13.2 Å². The van der Waals surface area contributed by atoms with Crippen molar-refractivity contribution in [3.63, 3.8) is 0 Å². The van der Waals surface area contributed by atoms with Gasteiger partial charge in [0.25, 0.3) is 0 Å². The van der Waals surface area contributed by atoms with Gasteiger partial charge in [0.15, 0.2) is 6.10 Å². The molecule has 0 fully saturated rings. The van der Waals surface area contributed by atoms with Crippen molar-refractivity contribution < 1.29 is 28.6 Å². The number of allylic oxidation sites excluding steroid dienone is 8. The van der Waals surface area contributed by atoms with Crippen molar-refractivity contribution in [3.8, 4) is 0 Å². The third kappa shape index (κ3) is 50.2. The van der Waals surface area contributed by atoms with Crippen LogP contribution in [-0.2, 0) is 28.6 Å². The quantitative estimate of drug-likeness (QED) is 0.0199. The molecule has 0 aliphatic heterocycles. The van der Waals surface area contributed by atoms with Gasteiger partial charge in [-0.3, -0.25) is 14.4 Å². The normalized spacial score (nSPS) is 12.4. The van der Waals surface area contributed by atoms with Crippen LogP contribution in [0.5, 0.6) is 0 Å². The van der Waals surface area contributed by atoms with E-state index in [4.69, 9.17) is 14.2 Å². The van der Waals surface area contributed by atoms with E-state index in [-0.39, 0.29) is 31.1 Å². The SMILES string of the molecule is CCCC/C=C\CCCCCCCC(=O)OCC(COC(=O)CCCCCCCCC/C=C\CCCCCCCCCC)OC(=O)CCCCCCCC/C=C\C=C/CCCCC. The second-order valence-corrected chi connectivity index (χ2v) is 18.2. The van der Waals surface area contributed by atoms with E-state index in [0.717, 1.165) is 77.0 Å². The van der Waals surface area contributed by atoms with Gasteiger partial charge in [-0.05, 0) is 89.9 Å². The highest BCUT2D eigenvalue weighted by Gasteiger charge is 2.19. The maximum atomic E-state index is 12.8. The maximum Gasteiger partial charge on any atom is 0.306 e. The highest BCUT2D eigenvalue weighted by Crippen LogP contribution is 2.15. The topological polar surface area (TPSA) is 78.9 Å². The molecule has 0 amide bonds. The molecule has 0 bridgehead atoms. The molecule has 0 aromatic heterocycles. The van der Waals surface area contributed by atoms with E-state index in [9.17, 15) is 14.4 Å². The maximum absolute atomic E-state index is 12.8. The van der Waals surface area contributed by atoms with Gasteiger partial charge in [0.05, 0.1) is 0 Å². The average Bonchev–Trinajstić information content (AvgIpc) is 3.28. The van der Waals surface area contributed by atoms with Gasteiger partial charge in [-0.1, -0.05) is 217 Å². The second-order valence-electron chi connectivity index (χ2n) is 18.2. The summed E-state index contributed by atoms with van der Waals surface area (Å²) in [6.45, 7) is 6.57. The minimum absolute atomic E-state index is 0.0819. The molecule has 0 N–H and O–H groups in total. The Morgan fingerprint density at radius 1 is 0.317 bits per heavy atom. The van der Waals surface area contributed by atoms with Crippen LogP contribution in [0.2, 0.25) is 0 Å². The minimum atomic E-state index is -0.782. The number of carbonyl (C=O) groups is 3. The fourth-order valence-corrected chi connectivity index (χ4v) is 7.64. The summed E-state index contributed by atoms with van der Waals surface area (Å²) >= 11 is 0. The van der Waals surface area contributed by atoms with Crippen LogP contribution < -0.4 is 0 Å². The number of hydrogen-bond acceptors (Lipinski definition) is 6. The lowest BCUT2D eigenvalue weighted by Gasteiger charge is -2.18. The number of hydrogen-bond donors (Lipinski definition) is 0. The smallest absolute Gasteiger partial charge is 0.306 e. The Bertz CT molecular complexity index is 1110. The Kier molecular flexibility index (Phi) is 49.8. The molecule has 0 radical (unpaired) electrons. The highest BCUT2D eigenvalue weighted by molar-refractivity contribution is 5.71. The molecule has 1 unspecified atom stereocenters. The van der Waals surface area contributed by atoms with Gasteiger partial charge in [-0.2, -0.15) is 0 Å². The lowest BCUT2D eigenvalue weighted by molar-refractivity contribution is -0.167. The number of ether oxygens (including phenoxy) is 3. The zero-order chi connectivity index (χ0) is 45.8. The molecule has 0 spiro atoms. The molecule has 0 aromatic rings. The Morgan fingerprint density at radius 3 is 0.968 bits per heavy atom. The third-order valence-corrected chi connectivity index (χ3v) is 11.8. The van der Waals surface area contributed by atoms with Crippen molar-refractivity contribution in [2.45, 2.75) is 284 Å². The molecule has 6 heteroatoms. The van der Waals surface area contributed by atoms with E-state index in [2.05, 4.69) is 69.4 Å². The number of unbranched alkanes of at least 4 members (excludes halogenated alkanes) is 31. The number of carbonyl (C=O) groups excluding carboxylic acids is 3. The molecule has 0 aliphatic rings. The molecule has 0 saturated heterocycles. The Hall–Kier alpha value is -2.63. The molecule has 0 heterocycles. The molecule has 0 rings (SSSR count). The molecule has 63 heavy (non-hydrogen) atoms. The van der Waals surface area contributed by atoms with Gasteiger partial charge in [0.2, 0.25) is 0 Å². The fraction of sp³-hybridized carbons (Fsp3) is 0.807. The first-order valence-electron chi connectivity index (χ1n) is 27.2. The van der Waals surface area contributed by atoms with Gasteiger partial charge >= 0.3 is 17.9 Å².